The van der Waals surface area contributed by atoms with E-state index in [1.54, 1.807) is 11.3 Å². The van der Waals surface area contributed by atoms with E-state index < -0.39 is 0 Å². The summed E-state index contributed by atoms with van der Waals surface area (Å²) in [6, 6.07) is 7.92. The SMILES string of the molecule is CCN1CCc2nc(NC(=O)C3COc4ccccc4C3)sc2C1. The van der Waals surface area contributed by atoms with Crippen LogP contribution in [0, 0.1) is 5.92 Å². The zero-order valence-electron chi connectivity index (χ0n) is 13.7. The van der Waals surface area contributed by atoms with Gasteiger partial charge in [0.05, 0.1) is 11.6 Å². The molecule has 1 N–H and O–H groups in total. The van der Waals surface area contributed by atoms with Gasteiger partial charge in [-0.2, -0.15) is 0 Å². The summed E-state index contributed by atoms with van der Waals surface area (Å²) in [5.74, 6) is 0.738. The number of nitrogens with one attached hydrogen (secondary N) is 1. The van der Waals surface area contributed by atoms with Crippen molar-refractivity contribution in [3.63, 3.8) is 0 Å². The van der Waals surface area contributed by atoms with E-state index in [1.165, 1.54) is 4.88 Å². The van der Waals surface area contributed by atoms with E-state index in [-0.39, 0.29) is 11.8 Å². The second kappa shape index (κ2) is 6.53. The zero-order chi connectivity index (χ0) is 16.5. The number of carbonyl (C=O) groups excluding carboxylic acids is 1. The second-order valence-corrected chi connectivity index (χ2v) is 7.40. The van der Waals surface area contributed by atoms with Crippen molar-refractivity contribution in [2.24, 2.45) is 5.92 Å². The van der Waals surface area contributed by atoms with E-state index in [1.807, 2.05) is 24.3 Å². The Morgan fingerprint density at radius 1 is 1.46 bits per heavy atom. The highest BCUT2D eigenvalue weighted by molar-refractivity contribution is 7.15. The van der Waals surface area contributed by atoms with E-state index >= 15 is 0 Å². The summed E-state index contributed by atoms with van der Waals surface area (Å²) in [5.41, 5.74) is 2.24. The first-order valence-corrected chi connectivity index (χ1v) is 9.27. The average molecular weight is 343 g/mol. The topological polar surface area (TPSA) is 54.5 Å². The maximum atomic E-state index is 12.6. The molecule has 1 amide bonds. The van der Waals surface area contributed by atoms with Crippen LogP contribution in [0.3, 0.4) is 0 Å². The summed E-state index contributed by atoms with van der Waals surface area (Å²) in [5, 5.41) is 3.73. The molecule has 2 aromatic rings. The lowest BCUT2D eigenvalue weighted by Crippen LogP contribution is -2.32. The Kier molecular flexibility index (Phi) is 4.24. The van der Waals surface area contributed by atoms with Crippen LogP contribution in [-0.2, 0) is 24.2 Å². The molecule has 1 aromatic heterocycles. The molecule has 0 saturated heterocycles. The highest BCUT2D eigenvalue weighted by atomic mass is 32.1. The lowest BCUT2D eigenvalue weighted by Gasteiger charge is -2.24. The summed E-state index contributed by atoms with van der Waals surface area (Å²) >= 11 is 1.61. The van der Waals surface area contributed by atoms with Gasteiger partial charge in [0.2, 0.25) is 5.91 Å². The fourth-order valence-electron chi connectivity index (χ4n) is 3.28. The van der Waals surface area contributed by atoms with Crippen molar-refractivity contribution in [1.29, 1.82) is 0 Å². The van der Waals surface area contributed by atoms with Gasteiger partial charge in [-0.25, -0.2) is 4.98 Å². The third-order valence-electron chi connectivity index (χ3n) is 4.74. The van der Waals surface area contributed by atoms with Gasteiger partial charge in [0.25, 0.3) is 0 Å². The normalized spacial score (nSPS) is 20.0. The molecule has 3 heterocycles. The smallest absolute Gasteiger partial charge is 0.233 e. The first-order chi connectivity index (χ1) is 11.7. The van der Waals surface area contributed by atoms with Crippen LogP contribution in [0.15, 0.2) is 24.3 Å². The molecule has 0 radical (unpaired) electrons. The van der Waals surface area contributed by atoms with Crippen molar-refractivity contribution in [2.75, 3.05) is 25.0 Å². The molecule has 0 spiro atoms. The van der Waals surface area contributed by atoms with Crippen LogP contribution in [0.4, 0.5) is 5.13 Å². The summed E-state index contributed by atoms with van der Waals surface area (Å²) < 4.78 is 5.72. The molecule has 24 heavy (non-hydrogen) atoms. The molecule has 2 aliphatic heterocycles. The summed E-state index contributed by atoms with van der Waals surface area (Å²) in [6.45, 7) is 5.65. The molecule has 4 rings (SSSR count). The molecule has 0 aliphatic carbocycles. The molecule has 0 fully saturated rings. The highest BCUT2D eigenvalue weighted by Gasteiger charge is 2.27. The Morgan fingerprint density at radius 2 is 2.33 bits per heavy atom. The third-order valence-corrected chi connectivity index (χ3v) is 5.74. The highest BCUT2D eigenvalue weighted by Crippen LogP contribution is 2.30. The number of anilines is 1. The van der Waals surface area contributed by atoms with Gasteiger partial charge in [-0.05, 0) is 24.6 Å². The van der Waals surface area contributed by atoms with Gasteiger partial charge in [-0.15, -0.1) is 11.3 Å². The number of hydrogen-bond acceptors (Lipinski definition) is 5. The van der Waals surface area contributed by atoms with E-state index in [4.69, 9.17) is 4.74 Å². The quantitative estimate of drug-likeness (QED) is 0.931. The number of ether oxygens (including phenoxy) is 1. The lowest BCUT2D eigenvalue weighted by atomic mass is 9.96. The van der Waals surface area contributed by atoms with Crippen LogP contribution in [0.2, 0.25) is 0 Å². The van der Waals surface area contributed by atoms with E-state index in [2.05, 4.69) is 22.1 Å². The van der Waals surface area contributed by atoms with Crippen molar-refractivity contribution in [3.8, 4) is 5.75 Å². The number of fused-ring (bicyclic) bond motifs is 2. The van der Waals surface area contributed by atoms with Crippen molar-refractivity contribution in [2.45, 2.75) is 26.3 Å². The van der Waals surface area contributed by atoms with Crippen LogP contribution in [0.1, 0.15) is 23.1 Å². The number of likely N-dealkylation sites (N-methyl/N-ethyl adjacent to an activating group) is 1. The predicted octanol–water partition coefficient (Wildman–Crippen LogP) is 2.71. The lowest BCUT2D eigenvalue weighted by molar-refractivity contribution is -0.121. The molecule has 1 atom stereocenters. The molecule has 5 nitrogen and oxygen atoms in total. The Bertz CT molecular complexity index is 758. The monoisotopic (exact) mass is 343 g/mol. The van der Waals surface area contributed by atoms with Gasteiger partial charge >= 0.3 is 0 Å². The Balaban J connectivity index is 1.43. The van der Waals surface area contributed by atoms with Crippen molar-refractivity contribution in [1.82, 2.24) is 9.88 Å². The number of benzene rings is 1. The molecule has 6 heteroatoms. The molecule has 0 saturated carbocycles. The average Bonchev–Trinajstić information content (AvgIpc) is 3.02. The first kappa shape index (κ1) is 15.6. The van der Waals surface area contributed by atoms with E-state index in [9.17, 15) is 4.79 Å². The molecule has 2 aliphatic rings. The molecule has 1 unspecified atom stereocenters. The van der Waals surface area contributed by atoms with Crippen LogP contribution >= 0.6 is 11.3 Å². The number of para-hydroxylation sites is 1. The Hall–Kier alpha value is -1.92. The second-order valence-electron chi connectivity index (χ2n) is 6.32. The summed E-state index contributed by atoms with van der Waals surface area (Å²) in [4.78, 5) is 20.9. The minimum atomic E-state index is -0.159. The van der Waals surface area contributed by atoms with Crippen LogP contribution in [0.25, 0.3) is 0 Å². The van der Waals surface area contributed by atoms with Gasteiger partial charge in [-0.3, -0.25) is 9.69 Å². The maximum Gasteiger partial charge on any atom is 0.233 e. The van der Waals surface area contributed by atoms with Crippen LogP contribution < -0.4 is 10.1 Å². The van der Waals surface area contributed by atoms with Crippen LogP contribution in [-0.4, -0.2) is 35.5 Å². The summed E-state index contributed by atoms with van der Waals surface area (Å²) in [6.07, 6.45) is 1.69. The van der Waals surface area contributed by atoms with Gasteiger partial charge in [-0.1, -0.05) is 25.1 Å². The van der Waals surface area contributed by atoms with Crippen LogP contribution in [0.5, 0.6) is 5.75 Å². The first-order valence-electron chi connectivity index (χ1n) is 8.45. The van der Waals surface area contributed by atoms with E-state index in [0.29, 0.717) is 6.61 Å². The number of rotatable bonds is 3. The maximum absolute atomic E-state index is 12.6. The minimum Gasteiger partial charge on any atom is -0.492 e. The number of hydrogen-bond donors (Lipinski definition) is 1. The standard InChI is InChI=1S/C18H21N3O2S/c1-2-21-8-7-14-16(10-21)24-18(19-14)20-17(22)13-9-12-5-3-4-6-15(12)23-11-13/h3-6,13H,2,7-11H2,1H3,(H,19,20,22). The number of nitrogens with zero attached hydrogens (tertiary/aromatic N) is 2. The largest absolute Gasteiger partial charge is 0.492 e. The minimum absolute atomic E-state index is 0.00273. The van der Waals surface area contributed by atoms with Crippen molar-refractivity contribution < 1.29 is 9.53 Å². The molecule has 1 aromatic carbocycles. The Morgan fingerprint density at radius 3 is 3.21 bits per heavy atom. The fourth-order valence-corrected chi connectivity index (χ4v) is 4.33. The van der Waals surface area contributed by atoms with Gasteiger partial charge in [0.15, 0.2) is 5.13 Å². The number of aromatic nitrogens is 1. The molecule has 126 valence electrons. The Labute approximate surface area is 145 Å². The zero-order valence-corrected chi connectivity index (χ0v) is 14.6. The molecular formula is C18H21N3O2S. The summed E-state index contributed by atoms with van der Waals surface area (Å²) in [7, 11) is 0. The fraction of sp³-hybridized carbons (Fsp3) is 0.444. The number of carbonyl (C=O) groups is 1. The molecular weight excluding hydrogens is 322 g/mol. The van der Waals surface area contributed by atoms with Gasteiger partial charge in [0.1, 0.15) is 12.4 Å². The molecule has 0 bridgehead atoms. The third kappa shape index (κ3) is 3.03. The van der Waals surface area contributed by atoms with Gasteiger partial charge < -0.3 is 10.1 Å². The van der Waals surface area contributed by atoms with Crippen molar-refractivity contribution in [3.05, 3.63) is 40.4 Å². The van der Waals surface area contributed by atoms with E-state index in [0.717, 1.165) is 54.6 Å². The predicted molar refractivity (Wildman–Crippen MR) is 94.5 cm³/mol. The van der Waals surface area contributed by atoms with Gasteiger partial charge in [0, 0.05) is 24.4 Å². The number of amides is 1. The van der Waals surface area contributed by atoms with Crippen molar-refractivity contribution >= 4 is 22.4 Å². The number of thiazole rings is 1.